The minimum absolute atomic E-state index is 0.448. The highest BCUT2D eigenvalue weighted by Gasteiger charge is 2.30. The fourth-order valence-electron chi connectivity index (χ4n) is 2.99. The van der Waals surface area contributed by atoms with Crippen molar-refractivity contribution >= 4 is 11.6 Å². The Morgan fingerprint density at radius 2 is 1.70 bits per heavy atom. The fourth-order valence-corrected chi connectivity index (χ4v) is 3.18. The van der Waals surface area contributed by atoms with E-state index < -0.39 is 5.60 Å². The van der Waals surface area contributed by atoms with Crippen LogP contribution in [0.3, 0.4) is 0 Å². The first-order chi connectivity index (χ1) is 9.25. The van der Waals surface area contributed by atoms with Gasteiger partial charge in [0.05, 0.1) is 12.7 Å². The molecule has 0 bridgehead atoms. The topological polar surface area (TPSA) is 29.5 Å². The Bertz CT molecular complexity index is 417. The molecule has 1 aromatic carbocycles. The first kappa shape index (κ1) is 17.3. The molecule has 0 fully saturated rings. The van der Waals surface area contributed by atoms with E-state index >= 15 is 0 Å². The van der Waals surface area contributed by atoms with Crippen LogP contribution in [0.15, 0.2) is 18.2 Å². The van der Waals surface area contributed by atoms with Crippen molar-refractivity contribution in [2.24, 2.45) is 11.8 Å². The predicted octanol–water partition coefficient (Wildman–Crippen LogP) is 4.71. The Kier molecular flexibility index (Phi) is 6.35. The normalized spacial score (nSPS) is 12.2. The molecule has 0 aliphatic carbocycles. The van der Waals surface area contributed by atoms with Crippen LogP contribution in [0.1, 0.15) is 46.1 Å². The predicted molar refractivity (Wildman–Crippen MR) is 85.6 cm³/mol. The second-order valence-corrected chi connectivity index (χ2v) is 6.99. The average Bonchev–Trinajstić information content (AvgIpc) is 2.26. The van der Waals surface area contributed by atoms with Crippen LogP contribution in [0.2, 0.25) is 5.02 Å². The molecule has 0 radical (unpaired) electrons. The summed E-state index contributed by atoms with van der Waals surface area (Å²) in [5.41, 5.74) is 0.268. The van der Waals surface area contributed by atoms with Crippen LogP contribution in [-0.2, 0) is 6.42 Å². The lowest BCUT2D eigenvalue weighted by molar-refractivity contribution is 0.000312. The van der Waals surface area contributed by atoms with Crippen LogP contribution < -0.4 is 4.74 Å². The Balaban J connectivity index is 3.02. The molecule has 1 rings (SSSR count). The van der Waals surface area contributed by atoms with Gasteiger partial charge in [-0.05, 0) is 48.4 Å². The Morgan fingerprint density at radius 1 is 1.15 bits per heavy atom. The van der Waals surface area contributed by atoms with Crippen molar-refractivity contribution in [1.29, 1.82) is 0 Å². The van der Waals surface area contributed by atoms with Gasteiger partial charge in [0.15, 0.2) is 0 Å². The molecular weight excluding hydrogens is 272 g/mol. The van der Waals surface area contributed by atoms with Gasteiger partial charge in [-0.2, -0.15) is 0 Å². The molecule has 1 aromatic rings. The van der Waals surface area contributed by atoms with Gasteiger partial charge in [-0.15, -0.1) is 0 Å². The van der Waals surface area contributed by atoms with Crippen LogP contribution in [0.5, 0.6) is 5.75 Å². The molecule has 0 unspecified atom stereocenters. The van der Waals surface area contributed by atoms with Crippen LogP contribution in [-0.4, -0.2) is 17.8 Å². The molecule has 0 saturated carbocycles. The third kappa shape index (κ3) is 5.34. The number of hydrogen-bond donors (Lipinski definition) is 1. The summed E-state index contributed by atoms with van der Waals surface area (Å²) in [4.78, 5) is 0. The van der Waals surface area contributed by atoms with E-state index in [0.29, 0.717) is 23.3 Å². The molecule has 20 heavy (non-hydrogen) atoms. The Morgan fingerprint density at radius 3 is 2.15 bits per heavy atom. The van der Waals surface area contributed by atoms with E-state index in [4.69, 9.17) is 16.3 Å². The Hall–Kier alpha value is -0.730. The summed E-state index contributed by atoms with van der Waals surface area (Å²) < 4.78 is 5.39. The molecule has 1 N–H and O–H groups in total. The summed E-state index contributed by atoms with van der Waals surface area (Å²) in [5, 5.41) is 11.7. The van der Waals surface area contributed by atoms with Gasteiger partial charge in [0.25, 0.3) is 0 Å². The van der Waals surface area contributed by atoms with Gasteiger partial charge < -0.3 is 9.84 Å². The van der Waals surface area contributed by atoms with Crippen molar-refractivity contribution in [1.82, 2.24) is 0 Å². The molecule has 2 nitrogen and oxygen atoms in total. The average molecular weight is 299 g/mol. The van der Waals surface area contributed by atoms with Gasteiger partial charge in [-0.1, -0.05) is 39.3 Å². The molecule has 0 amide bonds. The second-order valence-electron chi connectivity index (χ2n) is 6.55. The van der Waals surface area contributed by atoms with Crippen LogP contribution in [0.4, 0.5) is 0 Å². The van der Waals surface area contributed by atoms with Gasteiger partial charge in [-0.3, -0.25) is 0 Å². The fraction of sp³-hybridized carbons (Fsp3) is 0.647. The molecule has 3 heteroatoms. The van der Waals surface area contributed by atoms with E-state index in [1.165, 1.54) is 0 Å². The highest BCUT2D eigenvalue weighted by molar-refractivity contribution is 6.30. The smallest absolute Gasteiger partial charge is 0.122 e. The van der Waals surface area contributed by atoms with Crippen LogP contribution in [0.25, 0.3) is 0 Å². The van der Waals surface area contributed by atoms with E-state index in [0.717, 1.165) is 24.2 Å². The van der Waals surface area contributed by atoms with E-state index in [-0.39, 0.29) is 0 Å². The van der Waals surface area contributed by atoms with E-state index in [1.807, 2.05) is 18.2 Å². The Labute approximate surface area is 128 Å². The van der Waals surface area contributed by atoms with E-state index in [2.05, 4.69) is 27.7 Å². The standard InChI is InChI=1S/C17H27ClO2/c1-12(2)9-17(19,10-13(3)4)11-14-8-15(18)6-7-16(14)20-5/h6-8,12-13,19H,9-11H2,1-5H3. The number of rotatable bonds is 7. The van der Waals surface area contributed by atoms with Gasteiger partial charge in [0, 0.05) is 11.4 Å². The lowest BCUT2D eigenvalue weighted by Gasteiger charge is -2.32. The lowest BCUT2D eigenvalue weighted by atomic mass is 9.80. The summed E-state index contributed by atoms with van der Waals surface area (Å²) in [6.45, 7) is 8.56. The molecule has 0 aromatic heterocycles. The first-order valence-corrected chi connectivity index (χ1v) is 7.68. The zero-order valence-electron chi connectivity index (χ0n) is 13.2. The second kappa shape index (κ2) is 7.33. The van der Waals surface area contributed by atoms with E-state index in [1.54, 1.807) is 7.11 Å². The number of methoxy groups -OCH3 is 1. The number of ether oxygens (including phenoxy) is 1. The van der Waals surface area contributed by atoms with Crippen molar-refractivity contribution in [3.8, 4) is 5.75 Å². The zero-order chi connectivity index (χ0) is 15.3. The highest BCUT2D eigenvalue weighted by Crippen LogP contribution is 2.33. The quantitative estimate of drug-likeness (QED) is 0.789. The lowest BCUT2D eigenvalue weighted by Crippen LogP contribution is -2.35. The minimum Gasteiger partial charge on any atom is -0.496 e. The van der Waals surface area contributed by atoms with Gasteiger partial charge in [0.1, 0.15) is 5.75 Å². The number of hydrogen-bond acceptors (Lipinski definition) is 2. The highest BCUT2D eigenvalue weighted by atomic mass is 35.5. The van der Waals surface area contributed by atoms with Crippen molar-refractivity contribution in [3.05, 3.63) is 28.8 Å². The van der Waals surface area contributed by atoms with Crippen LogP contribution >= 0.6 is 11.6 Å². The SMILES string of the molecule is COc1ccc(Cl)cc1CC(O)(CC(C)C)CC(C)C. The molecule has 0 aliphatic rings. The van der Waals surface area contributed by atoms with Crippen molar-refractivity contribution in [3.63, 3.8) is 0 Å². The summed E-state index contributed by atoms with van der Waals surface area (Å²) in [7, 11) is 1.65. The minimum atomic E-state index is -0.708. The van der Waals surface area contributed by atoms with Gasteiger partial charge in [-0.25, -0.2) is 0 Å². The molecule has 0 heterocycles. The van der Waals surface area contributed by atoms with Crippen molar-refractivity contribution in [2.75, 3.05) is 7.11 Å². The molecule has 0 saturated heterocycles. The number of aliphatic hydroxyl groups is 1. The summed E-state index contributed by atoms with van der Waals surface area (Å²) in [6, 6.07) is 5.57. The maximum Gasteiger partial charge on any atom is 0.122 e. The zero-order valence-corrected chi connectivity index (χ0v) is 14.0. The van der Waals surface area contributed by atoms with Gasteiger partial charge in [0.2, 0.25) is 0 Å². The molecular formula is C17H27ClO2. The van der Waals surface area contributed by atoms with Crippen LogP contribution in [0, 0.1) is 11.8 Å². The molecule has 114 valence electrons. The van der Waals surface area contributed by atoms with Gasteiger partial charge >= 0.3 is 0 Å². The maximum absolute atomic E-state index is 11.0. The molecule has 0 spiro atoms. The van der Waals surface area contributed by atoms with E-state index in [9.17, 15) is 5.11 Å². The van der Waals surface area contributed by atoms with Crippen molar-refractivity contribution < 1.29 is 9.84 Å². The first-order valence-electron chi connectivity index (χ1n) is 7.30. The largest absolute Gasteiger partial charge is 0.496 e. The summed E-state index contributed by atoms with van der Waals surface area (Å²) in [6.07, 6.45) is 2.13. The molecule has 0 aliphatic heterocycles. The summed E-state index contributed by atoms with van der Waals surface area (Å²) in [5.74, 6) is 1.69. The number of halogens is 1. The number of benzene rings is 1. The maximum atomic E-state index is 11.0. The van der Waals surface area contributed by atoms with Crippen molar-refractivity contribution in [2.45, 2.75) is 52.6 Å². The monoisotopic (exact) mass is 298 g/mol. The third-order valence-electron chi connectivity index (χ3n) is 3.34. The molecule has 0 atom stereocenters. The third-order valence-corrected chi connectivity index (χ3v) is 3.57. The summed E-state index contributed by atoms with van der Waals surface area (Å²) >= 11 is 6.08.